The van der Waals surface area contributed by atoms with E-state index in [1.54, 1.807) is 0 Å². The first-order valence-electron chi connectivity index (χ1n) is 7.25. The van der Waals surface area contributed by atoms with Crippen LogP contribution in [0.4, 0.5) is 0 Å². The van der Waals surface area contributed by atoms with Gasteiger partial charge in [0.05, 0.1) is 12.2 Å². The van der Waals surface area contributed by atoms with E-state index in [1.165, 1.54) is 32.5 Å². The van der Waals surface area contributed by atoms with Crippen LogP contribution in [0.2, 0.25) is 0 Å². The minimum absolute atomic E-state index is 0.646. The van der Waals surface area contributed by atoms with Crippen LogP contribution in [-0.4, -0.2) is 35.7 Å². The zero-order chi connectivity index (χ0) is 12.4. The molecule has 18 heavy (non-hydrogen) atoms. The smallest absolute Gasteiger partial charge is 0.150 e. The van der Waals surface area contributed by atoms with Gasteiger partial charge in [0.15, 0.2) is 5.76 Å². The van der Waals surface area contributed by atoms with Crippen molar-refractivity contribution in [1.82, 2.24) is 15.4 Å². The maximum absolute atomic E-state index is 5.36. The molecule has 0 saturated carbocycles. The molecule has 1 atom stereocenters. The lowest BCUT2D eigenvalue weighted by Gasteiger charge is -2.45. The molecule has 2 bridgehead atoms. The van der Waals surface area contributed by atoms with E-state index in [9.17, 15) is 0 Å². The molecule has 0 aromatic carbocycles. The molecule has 0 radical (unpaired) electrons. The van der Waals surface area contributed by atoms with E-state index in [0.29, 0.717) is 6.04 Å². The molecule has 4 rings (SSSR count). The first kappa shape index (κ1) is 12.2. The maximum Gasteiger partial charge on any atom is 0.150 e. The summed E-state index contributed by atoms with van der Waals surface area (Å²) in [6.45, 7) is 6.80. The summed E-state index contributed by atoms with van der Waals surface area (Å²) in [7, 11) is 0. The fourth-order valence-electron chi connectivity index (χ4n) is 3.24. The zero-order valence-electron chi connectivity index (χ0n) is 11.2. The topological polar surface area (TPSA) is 41.3 Å². The molecule has 3 aliphatic rings. The van der Waals surface area contributed by atoms with E-state index >= 15 is 0 Å². The number of nitrogens with zero attached hydrogens (tertiary/aromatic N) is 2. The van der Waals surface area contributed by atoms with Crippen molar-refractivity contribution >= 4 is 0 Å². The van der Waals surface area contributed by atoms with Gasteiger partial charge in [0, 0.05) is 18.7 Å². The number of aromatic nitrogens is 1. The second-order valence-corrected chi connectivity index (χ2v) is 5.66. The van der Waals surface area contributed by atoms with Gasteiger partial charge in [-0.3, -0.25) is 0 Å². The Hall–Kier alpha value is -0.870. The Morgan fingerprint density at radius 1 is 1.44 bits per heavy atom. The lowest BCUT2D eigenvalue weighted by Crippen LogP contribution is -2.55. The van der Waals surface area contributed by atoms with Crippen molar-refractivity contribution in [2.24, 2.45) is 5.92 Å². The van der Waals surface area contributed by atoms with Crippen LogP contribution in [0.1, 0.15) is 37.6 Å². The number of piperidine rings is 3. The van der Waals surface area contributed by atoms with Crippen molar-refractivity contribution in [2.75, 3.05) is 19.6 Å². The summed E-state index contributed by atoms with van der Waals surface area (Å²) in [5.41, 5.74) is 1.09. The van der Waals surface area contributed by atoms with Gasteiger partial charge in [0.25, 0.3) is 0 Å². The van der Waals surface area contributed by atoms with Gasteiger partial charge in [-0.2, -0.15) is 0 Å². The van der Waals surface area contributed by atoms with Crippen molar-refractivity contribution in [3.63, 3.8) is 0 Å². The van der Waals surface area contributed by atoms with E-state index < -0.39 is 0 Å². The summed E-state index contributed by atoms with van der Waals surface area (Å²) >= 11 is 0. The average Bonchev–Trinajstić information content (AvgIpc) is 2.86. The van der Waals surface area contributed by atoms with E-state index in [2.05, 4.69) is 28.4 Å². The normalized spacial score (nSPS) is 30.8. The molecule has 1 N–H and O–H groups in total. The molecule has 1 aromatic heterocycles. The van der Waals surface area contributed by atoms with Gasteiger partial charge in [-0.1, -0.05) is 18.5 Å². The van der Waals surface area contributed by atoms with Crippen molar-refractivity contribution < 1.29 is 4.52 Å². The Kier molecular flexibility index (Phi) is 3.66. The van der Waals surface area contributed by atoms with E-state index in [0.717, 1.165) is 36.8 Å². The minimum atomic E-state index is 0.646. The molecule has 3 saturated heterocycles. The molecule has 4 heteroatoms. The number of hydrogen-bond acceptors (Lipinski definition) is 4. The molecule has 0 spiro atoms. The number of aryl methyl sites for hydroxylation is 1. The molecule has 0 amide bonds. The first-order chi connectivity index (χ1) is 8.85. The maximum atomic E-state index is 5.36. The van der Waals surface area contributed by atoms with Crippen LogP contribution in [0.15, 0.2) is 10.6 Å². The highest BCUT2D eigenvalue weighted by Gasteiger charge is 2.33. The summed E-state index contributed by atoms with van der Waals surface area (Å²) in [5, 5.41) is 7.74. The molecular formula is C14H23N3O. The minimum Gasteiger partial charge on any atom is -0.360 e. The van der Waals surface area contributed by atoms with Crippen LogP contribution in [0.3, 0.4) is 0 Å². The molecule has 3 fully saturated rings. The Bertz CT molecular complexity index is 382. The van der Waals surface area contributed by atoms with Gasteiger partial charge in [-0.15, -0.1) is 0 Å². The standard InChI is InChI=1S/C14H23N3O/c1-2-3-12-8-13(18-16-12)9-15-14-10-17-6-4-11(14)5-7-17/h8,11,14-15H,2-7,9-10H2,1H3/t14-/m0/s1. The van der Waals surface area contributed by atoms with E-state index in [1.807, 2.05) is 0 Å². The van der Waals surface area contributed by atoms with Gasteiger partial charge in [0.2, 0.25) is 0 Å². The molecule has 4 heterocycles. The third-order valence-electron chi connectivity index (χ3n) is 4.31. The van der Waals surface area contributed by atoms with Gasteiger partial charge < -0.3 is 14.7 Å². The average molecular weight is 249 g/mol. The summed E-state index contributed by atoms with van der Waals surface area (Å²) in [4.78, 5) is 2.57. The lowest BCUT2D eigenvalue weighted by atomic mass is 9.84. The van der Waals surface area contributed by atoms with Crippen LogP contribution in [-0.2, 0) is 13.0 Å². The van der Waals surface area contributed by atoms with Crippen LogP contribution < -0.4 is 5.32 Å². The van der Waals surface area contributed by atoms with Gasteiger partial charge in [0.1, 0.15) is 0 Å². The molecule has 100 valence electrons. The van der Waals surface area contributed by atoms with Crippen molar-refractivity contribution in [1.29, 1.82) is 0 Å². The number of rotatable bonds is 5. The predicted octanol–water partition coefficient (Wildman–Crippen LogP) is 1.81. The number of hydrogen-bond donors (Lipinski definition) is 1. The first-order valence-corrected chi connectivity index (χ1v) is 7.25. The quantitative estimate of drug-likeness (QED) is 0.864. The van der Waals surface area contributed by atoms with Crippen LogP contribution in [0.5, 0.6) is 0 Å². The lowest BCUT2D eigenvalue weighted by molar-refractivity contribution is 0.0708. The van der Waals surface area contributed by atoms with Crippen LogP contribution >= 0.6 is 0 Å². The summed E-state index contributed by atoms with van der Waals surface area (Å²) in [5.74, 6) is 1.85. The highest BCUT2D eigenvalue weighted by molar-refractivity contribution is 5.05. The van der Waals surface area contributed by atoms with Crippen LogP contribution in [0.25, 0.3) is 0 Å². The van der Waals surface area contributed by atoms with Gasteiger partial charge in [-0.25, -0.2) is 0 Å². The number of nitrogens with one attached hydrogen (secondary N) is 1. The highest BCUT2D eigenvalue weighted by atomic mass is 16.5. The van der Waals surface area contributed by atoms with Gasteiger partial charge in [-0.05, 0) is 38.3 Å². The third kappa shape index (κ3) is 2.59. The molecular weight excluding hydrogens is 226 g/mol. The third-order valence-corrected chi connectivity index (χ3v) is 4.31. The Balaban J connectivity index is 1.51. The zero-order valence-corrected chi connectivity index (χ0v) is 11.2. The van der Waals surface area contributed by atoms with E-state index in [-0.39, 0.29) is 0 Å². The molecule has 1 aromatic rings. The predicted molar refractivity (Wildman–Crippen MR) is 70.3 cm³/mol. The van der Waals surface area contributed by atoms with Crippen LogP contribution in [0, 0.1) is 5.92 Å². The van der Waals surface area contributed by atoms with Gasteiger partial charge >= 0.3 is 0 Å². The van der Waals surface area contributed by atoms with Crippen molar-refractivity contribution in [3.05, 3.63) is 17.5 Å². The van der Waals surface area contributed by atoms with Crippen molar-refractivity contribution in [3.8, 4) is 0 Å². The van der Waals surface area contributed by atoms with Crippen molar-refractivity contribution in [2.45, 2.75) is 45.2 Å². The van der Waals surface area contributed by atoms with E-state index in [4.69, 9.17) is 4.52 Å². The SMILES string of the molecule is CCCc1cc(CN[C@H]2CN3CCC2CC3)on1. The Labute approximate surface area is 109 Å². The highest BCUT2D eigenvalue weighted by Crippen LogP contribution is 2.27. The Morgan fingerprint density at radius 3 is 2.94 bits per heavy atom. The monoisotopic (exact) mass is 249 g/mol. The second kappa shape index (κ2) is 5.41. The molecule has 0 aliphatic carbocycles. The molecule has 4 nitrogen and oxygen atoms in total. The summed E-state index contributed by atoms with van der Waals surface area (Å²) in [6.07, 6.45) is 4.85. The summed E-state index contributed by atoms with van der Waals surface area (Å²) in [6, 6.07) is 2.74. The fraction of sp³-hybridized carbons (Fsp3) is 0.786. The Morgan fingerprint density at radius 2 is 2.28 bits per heavy atom. The fourth-order valence-corrected chi connectivity index (χ4v) is 3.24. The largest absolute Gasteiger partial charge is 0.360 e. The number of fused-ring (bicyclic) bond motifs is 3. The summed E-state index contributed by atoms with van der Waals surface area (Å²) < 4.78 is 5.36. The second-order valence-electron chi connectivity index (χ2n) is 5.66. The molecule has 3 aliphatic heterocycles. The molecule has 0 unspecified atom stereocenters.